The van der Waals surface area contributed by atoms with Gasteiger partial charge in [-0.25, -0.2) is 9.59 Å². The number of aromatic nitrogens is 4. The highest BCUT2D eigenvalue weighted by Crippen LogP contribution is 2.08. The van der Waals surface area contributed by atoms with Gasteiger partial charge in [-0.15, -0.1) is 0 Å². The largest absolute Gasteiger partial charge is 0.463 e. The van der Waals surface area contributed by atoms with Crippen LogP contribution in [0.2, 0.25) is 0 Å². The number of ether oxygens (including phenoxy) is 1. The number of hydrogen-bond acceptors (Lipinski definition) is 6. The maximum atomic E-state index is 11.4. The van der Waals surface area contributed by atoms with Gasteiger partial charge in [-0.1, -0.05) is 0 Å². The number of carbonyl (C=O) groups excluding carboxylic acids is 2. The average molecular weight is 308 g/mol. The Morgan fingerprint density at radius 1 is 1.27 bits per heavy atom. The van der Waals surface area contributed by atoms with Crippen LogP contribution < -0.4 is 0 Å². The number of rotatable bonds is 1. The highest BCUT2D eigenvalue weighted by Gasteiger charge is 2.18. The smallest absolute Gasteiger partial charge is 0.435 e. The molecule has 2 heterocycles. The van der Waals surface area contributed by atoms with Crippen LogP contribution in [0.5, 0.6) is 0 Å². The first-order chi connectivity index (χ1) is 10.2. The lowest BCUT2D eigenvalue weighted by Crippen LogP contribution is -2.27. The second kappa shape index (κ2) is 7.16. The van der Waals surface area contributed by atoms with Gasteiger partial charge >= 0.3 is 12.2 Å². The van der Waals surface area contributed by atoms with Gasteiger partial charge in [0.15, 0.2) is 6.29 Å². The Bertz CT molecular complexity index is 640. The predicted molar refractivity (Wildman–Crippen MR) is 74.9 cm³/mol. The molecule has 2 aromatic rings. The molecule has 0 bridgehead atoms. The zero-order chi connectivity index (χ0) is 16.8. The normalized spacial score (nSPS) is 10.3. The summed E-state index contributed by atoms with van der Waals surface area (Å²) < 4.78 is 6.86. The van der Waals surface area contributed by atoms with Crippen molar-refractivity contribution in [1.82, 2.24) is 19.6 Å². The summed E-state index contributed by atoms with van der Waals surface area (Å²) in [6.07, 6.45) is 4.36. The summed E-state index contributed by atoms with van der Waals surface area (Å²) in [5.74, 6) is 0. The predicted octanol–water partition coefficient (Wildman–Crippen LogP) is 1.89. The van der Waals surface area contributed by atoms with Crippen LogP contribution in [0.15, 0.2) is 30.9 Å². The summed E-state index contributed by atoms with van der Waals surface area (Å²) in [6, 6.07) is 1.55. The van der Waals surface area contributed by atoms with Crippen molar-refractivity contribution in [3.63, 3.8) is 0 Å². The van der Waals surface area contributed by atoms with Gasteiger partial charge in [0, 0.05) is 18.6 Å². The fourth-order valence-electron chi connectivity index (χ4n) is 1.19. The van der Waals surface area contributed by atoms with Crippen LogP contribution in [0.4, 0.5) is 9.59 Å². The Morgan fingerprint density at radius 2 is 1.95 bits per heavy atom. The quantitative estimate of drug-likeness (QED) is 0.799. The third kappa shape index (κ3) is 5.57. The van der Waals surface area contributed by atoms with E-state index >= 15 is 0 Å². The van der Waals surface area contributed by atoms with Gasteiger partial charge < -0.3 is 9.84 Å². The summed E-state index contributed by atoms with van der Waals surface area (Å²) in [6.45, 7) is 5.28. The van der Waals surface area contributed by atoms with Crippen LogP contribution in [0, 0.1) is 0 Å². The summed E-state index contributed by atoms with van der Waals surface area (Å²) in [4.78, 5) is 31.6. The standard InChI is InChI=1S/C9H12N2O3.C4H4N2O2/c1-9(2,3)14-8(13)11-5-7(6-12)4-10-11;7-4(8)6-3-1-2-5-6/h4-6H,1-3H3;1-3H,(H,7,8). The molecule has 1 N–H and O–H groups in total. The molecule has 118 valence electrons. The van der Waals surface area contributed by atoms with Crippen molar-refractivity contribution in [3.8, 4) is 0 Å². The van der Waals surface area contributed by atoms with E-state index in [9.17, 15) is 14.4 Å². The molecular formula is C13H16N4O5. The van der Waals surface area contributed by atoms with Gasteiger partial charge in [0.1, 0.15) is 5.60 Å². The molecular weight excluding hydrogens is 292 g/mol. The fraction of sp³-hybridized carbons (Fsp3) is 0.308. The Morgan fingerprint density at radius 3 is 2.32 bits per heavy atom. The Balaban J connectivity index is 0.000000255. The highest BCUT2D eigenvalue weighted by atomic mass is 16.6. The van der Waals surface area contributed by atoms with Crippen molar-refractivity contribution < 1.29 is 24.2 Å². The third-order valence-electron chi connectivity index (χ3n) is 2.02. The van der Waals surface area contributed by atoms with E-state index in [1.165, 1.54) is 24.8 Å². The van der Waals surface area contributed by atoms with Crippen molar-refractivity contribution in [2.75, 3.05) is 0 Å². The molecule has 9 heteroatoms. The van der Waals surface area contributed by atoms with Gasteiger partial charge in [-0.05, 0) is 26.8 Å². The fourth-order valence-corrected chi connectivity index (χ4v) is 1.19. The molecule has 0 aliphatic rings. The molecule has 0 amide bonds. The first-order valence-electron chi connectivity index (χ1n) is 6.19. The lowest BCUT2D eigenvalue weighted by atomic mass is 10.2. The second-order valence-electron chi connectivity index (χ2n) is 5.05. The van der Waals surface area contributed by atoms with Crippen molar-refractivity contribution in [2.24, 2.45) is 0 Å². The number of carbonyl (C=O) groups is 3. The van der Waals surface area contributed by atoms with E-state index in [2.05, 4.69) is 10.2 Å². The molecule has 2 rings (SSSR count). The lowest BCUT2D eigenvalue weighted by molar-refractivity contribution is 0.0514. The van der Waals surface area contributed by atoms with E-state index < -0.39 is 17.8 Å². The van der Waals surface area contributed by atoms with Gasteiger partial charge in [-0.3, -0.25) is 4.79 Å². The molecule has 0 atom stereocenters. The monoisotopic (exact) mass is 308 g/mol. The molecule has 0 aliphatic heterocycles. The molecule has 0 fully saturated rings. The molecule has 0 aliphatic carbocycles. The van der Waals surface area contributed by atoms with Gasteiger partial charge in [0.2, 0.25) is 0 Å². The van der Waals surface area contributed by atoms with E-state index in [1.807, 2.05) is 0 Å². The van der Waals surface area contributed by atoms with Gasteiger partial charge in [0.05, 0.1) is 11.8 Å². The summed E-state index contributed by atoms with van der Waals surface area (Å²) in [5.41, 5.74) is -0.222. The Hall–Kier alpha value is -2.97. The van der Waals surface area contributed by atoms with E-state index in [4.69, 9.17) is 9.84 Å². The van der Waals surface area contributed by atoms with Gasteiger partial charge in [0.25, 0.3) is 0 Å². The molecule has 22 heavy (non-hydrogen) atoms. The minimum absolute atomic E-state index is 0.343. The number of aldehydes is 1. The molecule has 9 nitrogen and oxygen atoms in total. The van der Waals surface area contributed by atoms with Crippen LogP contribution in [0.3, 0.4) is 0 Å². The minimum atomic E-state index is -1.06. The first-order valence-corrected chi connectivity index (χ1v) is 6.19. The maximum Gasteiger partial charge on any atom is 0.435 e. The van der Waals surface area contributed by atoms with Crippen molar-refractivity contribution in [2.45, 2.75) is 26.4 Å². The molecule has 0 saturated carbocycles. The zero-order valence-corrected chi connectivity index (χ0v) is 12.3. The van der Waals surface area contributed by atoms with Crippen LogP contribution in [-0.4, -0.2) is 48.7 Å². The van der Waals surface area contributed by atoms with Crippen molar-refractivity contribution >= 4 is 18.5 Å². The Labute approximate surface area is 126 Å². The number of hydrogen-bond donors (Lipinski definition) is 1. The van der Waals surface area contributed by atoms with Crippen molar-refractivity contribution in [3.05, 3.63) is 36.4 Å². The molecule has 0 radical (unpaired) electrons. The van der Waals surface area contributed by atoms with Crippen LogP contribution in [0.25, 0.3) is 0 Å². The zero-order valence-electron chi connectivity index (χ0n) is 12.3. The summed E-state index contributed by atoms with van der Waals surface area (Å²) >= 11 is 0. The second-order valence-corrected chi connectivity index (χ2v) is 5.05. The van der Waals surface area contributed by atoms with Crippen LogP contribution in [-0.2, 0) is 4.74 Å². The average Bonchev–Trinajstić information content (AvgIpc) is 3.09. The van der Waals surface area contributed by atoms with Gasteiger partial charge in [-0.2, -0.15) is 19.6 Å². The SMILES string of the molecule is CC(C)(C)OC(=O)n1cc(C=O)cn1.O=C(O)n1cccn1. The lowest BCUT2D eigenvalue weighted by Gasteiger charge is -2.18. The van der Waals surface area contributed by atoms with E-state index in [-0.39, 0.29) is 0 Å². The van der Waals surface area contributed by atoms with E-state index in [0.717, 1.165) is 9.36 Å². The van der Waals surface area contributed by atoms with E-state index in [1.54, 1.807) is 26.8 Å². The minimum Gasteiger partial charge on any atom is -0.463 e. The molecule has 2 aromatic heterocycles. The van der Waals surface area contributed by atoms with Crippen LogP contribution >= 0.6 is 0 Å². The molecule has 0 aromatic carbocycles. The van der Waals surface area contributed by atoms with Crippen molar-refractivity contribution in [1.29, 1.82) is 0 Å². The Kier molecular flexibility index (Phi) is 5.56. The number of carboxylic acid groups (broad SMARTS) is 1. The highest BCUT2D eigenvalue weighted by molar-refractivity contribution is 5.77. The number of nitrogens with zero attached hydrogens (tertiary/aromatic N) is 4. The summed E-state index contributed by atoms with van der Waals surface area (Å²) in [5, 5.41) is 15.3. The maximum absolute atomic E-state index is 11.4. The summed E-state index contributed by atoms with van der Waals surface area (Å²) in [7, 11) is 0. The first kappa shape index (κ1) is 17.1. The molecule has 0 saturated heterocycles. The topological polar surface area (TPSA) is 116 Å². The van der Waals surface area contributed by atoms with Crippen LogP contribution in [0.1, 0.15) is 31.1 Å². The molecule has 0 spiro atoms. The third-order valence-corrected chi connectivity index (χ3v) is 2.02. The molecule has 0 unspecified atom stereocenters. The van der Waals surface area contributed by atoms with E-state index in [0.29, 0.717) is 11.8 Å².